The molecule has 3 unspecified atom stereocenters. The molecule has 1 aromatic rings. The van der Waals surface area contributed by atoms with Gasteiger partial charge >= 0.3 is 0 Å². The van der Waals surface area contributed by atoms with Crippen molar-refractivity contribution in [2.24, 2.45) is 23.7 Å². The first-order chi connectivity index (χ1) is 14.6. The maximum absolute atomic E-state index is 13.3. The predicted octanol–water partition coefficient (Wildman–Crippen LogP) is 3.95. The van der Waals surface area contributed by atoms with Gasteiger partial charge < -0.3 is 10.3 Å². The van der Waals surface area contributed by atoms with Crippen LogP contribution in [0.2, 0.25) is 0 Å². The molecule has 4 atom stereocenters. The van der Waals surface area contributed by atoms with Crippen molar-refractivity contribution >= 4 is 5.91 Å². The Morgan fingerprint density at radius 2 is 2.16 bits per heavy atom. The van der Waals surface area contributed by atoms with Crippen LogP contribution < -0.4 is 10.9 Å². The van der Waals surface area contributed by atoms with Gasteiger partial charge in [0.15, 0.2) is 0 Å². The second-order valence-corrected chi connectivity index (χ2v) is 9.51. The summed E-state index contributed by atoms with van der Waals surface area (Å²) in [5, 5.41) is 14.5. The molecule has 1 fully saturated rings. The molecule has 0 spiro atoms. The smallest absolute Gasteiger partial charge is 0.247 e. The summed E-state index contributed by atoms with van der Waals surface area (Å²) in [5.74, 6) is 0.193. The van der Waals surface area contributed by atoms with E-state index >= 15 is 0 Å². The van der Waals surface area contributed by atoms with Crippen LogP contribution in [0.3, 0.4) is 0 Å². The molecule has 168 valence electrons. The first kappa shape index (κ1) is 23.0. The van der Waals surface area contributed by atoms with Gasteiger partial charge in [-0.05, 0) is 62.1 Å². The highest BCUT2D eigenvalue weighted by molar-refractivity contribution is 5.78. The molecular formula is C24H33N3O4. The van der Waals surface area contributed by atoms with E-state index in [-0.39, 0.29) is 53.0 Å². The predicted molar refractivity (Wildman–Crippen MR) is 120 cm³/mol. The third kappa shape index (κ3) is 4.81. The van der Waals surface area contributed by atoms with E-state index in [9.17, 15) is 19.7 Å². The van der Waals surface area contributed by atoms with Gasteiger partial charge in [0.1, 0.15) is 0 Å². The third-order valence-electron chi connectivity index (χ3n) is 6.63. The van der Waals surface area contributed by atoms with Crippen LogP contribution in [0.4, 0.5) is 0 Å². The van der Waals surface area contributed by atoms with Crippen molar-refractivity contribution in [1.82, 2.24) is 10.3 Å². The van der Waals surface area contributed by atoms with Crippen LogP contribution in [0.15, 0.2) is 46.4 Å². The molecule has 7 heteroatoms. The number of carbonyl (C=O) groups excluding carboxylic acids is 1. The van der Waals surface area contributed by atoms with Gasteiger partial charge in [0, 0.05) is 35.4 Å². The molecule has 1 amide bonds. The van der Waals surface area contributed by atoms with E-state index in [1.807, 2.05) is 20.8 Å². The Kier molecular flexibility index (Phi) is 6.82. The third-order valence-corrected chi connectivity index (χ3v) is 6.63. The van der Waals surface area contributed by atoms with Crippen molar-refractivity contribution in [2.75, 3.05) is 6.54 Å². The Labute approximate surface area is 183 Å². The number of aromatic nitrogens is 1. The second-order valence-electron chi connectivity index (χ2n) is 9.51. The van der Waals surface area contributed by atoms with Gasteiger partial charge in [-0.3, -0.25) is 19.7 Å². The molecule has 31 heavy (non-hydrogen) atoms. The van der Waals surface area contributed by atoms with E-state index in [1.54, 1.807) is 12.3 Å². The fourth-order valence-electron chi connectivity index (χ4n) is 5.71. The van der Waals surface area contributed by atoms with Gasteiger partial charge in [-0.15, -0.1) is 0 Å². The Hall–Kier alpha value is -2.70. The first-order valence-corrected chi connectivity index (χ1v) is 11.1. The lowest BCUT2D eigenvalue weighted by Crippen LogP contribution is -2.50. The average molecular weight is 428 g/mol. The van der Waals surface area contributed by atoms with Crippen LogP contribution in [-0.2, 0) is 10.3 Å². The zero-order chi connectivity index (χ0) is 22.8. The minimum Gasteiger partial charge on any atom is -0.342 e. The fourth-order valence-corrected chi connectivity index (χ4v) is 5.71. The van der Waals surface area contributed by atoms with E-state index in [1.165, 1.54) is 11.6 Å². The molecule has 2 bridgehead atoms. The number of H-pyrrole nitrogens is 1. The standard InChI is InChI=1S/C24H33N3O4/c1-5-21-18-9-16(4)10-20(12-18)24(21,19-6-7-22(28)25-13-19)26-23(29)11-17(8-15(2)3)14-27(30)31/h5-7,9,13,15,17-18,20H,8,10-12,14H2,1-4H3,(H,25,28)(H,26,29)/b21-5+/t17-,18?,20?,24?/m0/s1. The molecule has 0 radical (unpaired) electrons. The van der Waals surface area contributed by atoms with Crippen molar-refractivity contribution in [2.45, 2.75) is 58.9 Å². The largest absolute Gasteiger partial charge is 0.342 e. The maximum Gasteiger partial charge on any atom is 0.247 e. The van der Waals surface area contributed by atoms with E-state index in [0.717, 1.165) is 24.0 Å². The van der Waals surface area contributed by atoms with Gasteiger partial charge in [0.05, 0.1) is 5.54 Å². The number of nitro groups is 1. The van der Waals surface area contributed by atoms with E-state index in [4.69, 9.17) is 0 Å². The second kappa shape index (κ2) is 9.20. The fraction of sp³-hybridized carbons (Fsp3) is 0.583. The Morgan fingerprint density at radius 1 is 1.42 bits per heavy atom. The molecule has 2 N–H and O–H groups in total. The number of hydrogen-bond acceptors (Lipinski definition) is 4. The minimum atomic E-state index is -0.716. The number of aromatic amines is 1. The van der Waals surface area contributed by atoms with Crippen molar-refractivity contribution in [3.63, 3.8) is 0 Å². The van der Waals surface area contributed by atoms with Gasteiger partial charge in [0.2, 0.25) is 18.0 Å². The summed E-state index contributed by atoms with van der Waals surface area (Å²) in [6.45, 7) is 7.92. The van der Waals surface area contributed by atoms with Crippen molar-refractivity contribution in [3.8, 4) is 0 Å². The molecule has 3 rings (SSSR count). The van der Waals surface area contributed by atoms with E-state index in [2.05, 4.69) is 29.4 Å². The number of fused-ring (bicyclic) bond motifs is 2. The van der Waals surface area contributed by atoms with Crippen LogP contribution >= 0.6 is 0 Å². The topological polar surface area (TPSA) is 105 Å². The molecular weight excluding hydrogens is 394 g/mol. The van der Waals surface area contributed by atoms with Crippen LogP contribution in [0.25, 0.3) is 0 Å². The van der Waals surface area contributed by atoms with Crippen LogP contribution in [0.1, 0.15) is 58.9 Å². The minimum absolute atomic E-state index is 0.116. The molecule has 7 nitrogen and oxygen atoms in total. The van der Waals surface area contributed by atoms with Gasteiger partial charge in [-0.1, -0.05) is 31.6 Å². The summed E-state index contributed by atoms with van der Waals surface area (Å²) in [4.78, 5) is 38.6. The Balaban J connectivity index is 1.97. The first-order valence-electron chi connectivity index (χ1n) is 11.1. The summed E-state index contributed by atoms with van der Waals surface area (Å²) in [6, 6.07) is 3.29. The summed E-state index contributed by atoms with van der Waals surface area (Å²) in [7, 11) is 0. The number of carbonyl (C=O) groups is 1. The molecule has 0 aromatic carbocycles. The quantitative estimate of drug-likeness (QED) is 0.372. The van der Waals surface area contributed by atoms with Crippen LogP contribution in [0, 0.1) is 33.8 Å². The molecule has 0 aliphatic heterocycles. The number of rotatable bonds is 8. The SMILES string of the molecule is C/C=C1\C2C=C(C)CC(C2)C1(NC(=O)C[C@H](CC(C)C)C[N+](=O)[O-])c1ccc(=O)[nH]c1. The molecule has 1 saturated carbocycles. The molecule has 2 aliphatic rings. The average Bonchev–Trinajstić information content (AvgIpc) is 2.87. The zero-order valence-corrected chi connectivity index (χ0v) is 18.8. The molecule has 0 saturated heterocycles. The van der Waals surface area contributed by atoms with E-state index in [0.29, 0.717) is 6.42 Å². The highest BCUT2D eigenvalue weighted by atomic mass is 16.6. The number of nitrogens with zero attached hydrogens (tertiary/aromatic N) is 1. The normalized spacial score (nSPS) is 27.3. The lowest BCUT2D eigenvalue weighted by molar-refractivity contribution is -0.488. The van der Waals surface area contributed by atoms with Gasteiger partial charge in [0.25, 0.3) is 0 Å². The van der Waals surface area contributed by atoms with E-state index < -0.39 is 5.54 Å². The van der Waals surface area contributed by atoms with Crippen molar-refractivity contribution < 1.29 is 9.72 Å². The Bertz CT molecular complexity index is 941. The number of amides is 1. The lowest BCUT2D eigenvalue weighted by Gasteiger charge is -2.38. The van der Waals surface area contributed by atoms with Crippen LogP contribution in [-0.4, -0.2) is 22.4 Å². The maximum atomic E-state index is 13.3. The number of allylic oxidation sites excluding steroid dienone is 3. The van der Waals surface area contributed by atoms with Crippen molar-refractivity contribution in [1.29, 1.82) is 0 Å². The number of hydrogen-bond donors (Lipinski definition) is 2. The number of pyridine rings is 1. The molecule has 2 aliphatic carbocycles. The summed E-state index contributed by atoms with van der Waals surface area (Å²) < 4.78 is 0. The van der Waals surface area contributed by atoms with Gasteiger partial charge in [-0.2, -0.15) is 0 Å². The summed E-state index contributed by atoms with van der Waals surface area (Å²) in [6.07, 6.45) is 8.59. The number of nitrogens with one attached hydrogen (secondary N) is 2. The highest BCUT2D eigenvalue weighted by Crippen LogP contribution is 2.56. The summed E-state index contributed by atoms with van der Waals surface area (Å²) >= 11 is 0. The van der Waals surface area contributed by atoms with Crippen LogP contribution in [0.5, 0.6) is 0 Å². The Morgan fingerprint density at radius 3 is 2.74 bits per heavy atom. The van der Waals surface area contributed by atoms with Gasteiger partial charge in [-0.25, -0.2) is 0 Å². The lowest BCUT2D eigenvalue weighted by atomic mass is 9.76. The van der Waals surface area contributed by atoms with Crippen molar-refractivity contribution in [3.05, 3.63) is 67.7 Å². The molecule has 1 aromatic heterocycles. The summed E-state index contributed by atoms with van der Waals surface area (Å²) in [5.41, 5.74) is 2.38. The molecule has 1 heterocycles. The highest BCUT2D eigenvalue weighted by Gasteiger charge is 2.54. The monoisotopic (exact) mass is 427 g/mol. The zero-order valence-electron chi connectivity index (χ0n) is 18.8.